The Morgan fingerprint density at radius 1 is 1.47 bits per heavy atom. The van der Waals surface area contributed by atoms with Gasteiger partial charge in [0.15, 0.2) is 6.29 Å². The molecule has 0 aromatic rings. The Balaban J connectivity index is 1.89. The van der Waals surface area contributed by atoms with Crippen molar-refractivity contribution >= 4 is 0 Å². The summed E-state index contributed by atoms with van der Waals surface area (Å²) in [5.74, 6) is 0. The van der Waals surface area contributed by atoms with E-state index in [-0.39, 0.29) is 24.6 Å². The summed E-state index contributed by atoms with van der Waals surface area (Å²) in [5.41, 5.74) is 0. The Morgan fingerprint density at radius 2 is 2.33 bits per heavy atom. The molecule has 1 fully saturated rings. The molecule has 4 nitrogen and oxygen atoms in total. The van der Waals surface area contributed by atoms with Crippen molar-refractivity contribution in [1.29, 1.82) is 0 Å². The van der Waals surface area contributed by atoms with Gasteiger partial charge in [-0.1, -0.05) is 13.0 Å². The quantitative estimate of drug-likeness (QED) is 0.666. The highest BCUT2D eigenvalue weighted by atomic mass is 16.7. The molecule has 4 atom stereocenters. The Labute approximate surface area is 90.1 Å². The van der Waals surface area contributed by atoms with Gasteiger partial charge < -0.3 is 18.9 Å². The molecule has 0 radical (unpaired) electrons. The highest BCUT2D eigenvalue weighted by molar-refractivity contribution is 5.01. The van der Waals surface area contributed by atoms with E-state index in [0.717, 1.165) is 6.42 Å². The summed E-state index contributed by atoms with van der Waals surface area (Å²) in [4.78, 5) is 0. The van der Waals surface area contributed by atoms with E-state index in [1.54, 1.807) is 0 Å². The number of hydrogen-bond donors (Lipinski definition) is 0. The van der Waals surface area contributed by atoms with Gasteiger partial charge in [-0.15, -0.1) is 0 Å². The van der Waals surface area contributed by atoms with E-state index in [4.69, 9.17) is 18.9 Å². The van der Waals surface area contributed by atoms with E-state index in [0.29, 0.717) is 13.4 Å². The molecular weight excluding hydrogens is 196 g/mol. The molecule has 0 aliphatic carbocycles. The topological polar surface area (TPSA) is 36.9 Å². The molecule has 1 saturated heterocycles. The lowest BCUT2D eigenvalue weighted by Crippen LogP contribution is -2.45. The monoisotopic (exact) mass is 214 g/mol. The van der Waals surface area contributed by atoms with Crippen LogP contribution in [0.15, 0.2) is 12.2 Å². The molecule has 0 bridgehead atoms. The summed E-state index contributed by atoms with van der Waals surface area (Å²) in [5, 5.41) is 0. The first-order chi connectivity index (χ1) is 7.29. The van der Waals surface area contributed by atoms with Gasteiger partial charge in [0, 0.05) is 0 Å². The van der Waals surface area contributed by atoms with Crippen LogP contribution < -0.4 is 0 Å². The molecule has 86 valence electrons. The molecule has 2 aliphatic heterocycles. The maximum absolute atomic E-state index is 5.70. The fourth-order valence-corrected chi connectivity index (χ4v) is 1.61. The van der Waals surface area contributed by atoms with Crippen molar-refractivity contribution < 1.29 is 18.9 Å². The highest BCUT2D eigenvalue weighted by Gasteiger charge is 2.31. The molecule has 2 rings (SSSR count). The van der Waals surface area contributed by atoms with Gasteiger partial charge in [-0.05, 0) is 19.4 Å². The second-order valence-electron chi connectivity index (χ2n) is 3.90. The molecular formula is C11H18O4. The number of hydrogen-bond acceptors (Lipinski definition) is 4. The third-order valence-electron chi connectivity index (χ3n) is 2.70. The molecule has 0 aromatic carbocycles. The lowest BCUT2D eigenvalue weighted by Gasteiger charge is -2.35. The lowest BCUT2D eigenvalue weighted by atomic mass is 10.1. The number of rotatable bonds is 3. The van der Waals surface area contributed by atoms with Gasteiger partial charge in [-0.25, -0.2) is 0 Å². The average molecular weight is 214 g/mol. The van der Waals surface area contributed by atoms with Crippen molar-refractivity contribution in [3.8, 4) is 0 Å². The van der Waals surface area contributed by atoms with Gasteiger partial charge in [0.2, 0.25) is 0 Å². The standard InChI is InChI=1S/C11H18O4/c1-3-8(2)14-11-5-4-9-10(15-11)6-12-7-13-9/h4-5,8-11H,3,6-7H2,1-2H3/t8?,9-,10+,11?/m0/s1. The fraction of sp³-hybridized carbons (Fsp3) is 0.818. The second kappa shape index (κ2) is 5.07. The van der Waals surface area contributed by atoms with E-state index >= 15 is 0 Å². The third kappa shape index (κ3) is 2.78. The van der Waals surface area contributed by atoms with Gasteiger partial charge in [0.1, 0.15) is 19.0 Å². The smallest absolute Gasteiger partial charge is 0.177 e. The predicted octanol–water partition coefficient (Wildman–Crippen LogP) is 1.46. The Morgan fingerprint density at radius 3 is 3.13 bits per heavy atom. The molecule has 4 heteroatoms. The molecule has 0 aromatic heterocycles. The minimum atomic E-state index is -0.258. The van der Waals surface area contributed by atoms with Gasteiger partial charge in [-0.3, -0.25) is 0 Å². The zero-order chi connectivity index (χ0) is 10.7. The lowest BCUT2D eigenvalue weighted by molar-refractivity contribution is -0.250. The van der Waals surface area contributed by atoms with Crippen LogP contribution in [0.1, 0.15) is 20.3 Å². The van der Waals surface area contributed by atoms with Crippen LogP contribution in [0.25, 0.3) is 0 Å². The molecule has 15 heavy (non-hydrogen) atoms. The van der Waals surface area contributed by atoms with Crippen molar-refractivity contribution in [2.45, 2.75) is 44.9 Å². The van der Waals surface area contributed by atoms with E-state index in [2.05, 4.69) is 6.92 Å². The maximum Gasteiger partial charge on any atom is 0.177 e. The Kier molecular flexibility index (Phi) is 3.75. The Hall–Kier alpha value is -0.420. The molecule has 2 unspecified atom stereocenters. The first-order valence-corrected chi connectivity index (χ1v) is 5.48. The van der Waals surface area contributed by atoms with E-state index in [1.807, 2.05) is 19.1 Å². The van der Waals surface area contributed by atoms with Crippen LogP contribution in [0.5, 0.6) is 0 Å². The molecule has 2 aliphatic rings. The van der Waals surface area contributed by atoms with E-state index in [1.165, 1.54) is 0 Å². The van der Waals surface area contributed by atoms with Crippen LogP contribution in [0.4, 0.5) is 0 Å². The highest BCUT2D eigenvalue weighted by Crippen LogP contribution is 2.21. The van der Waals surface area contributed by atoms with Gasteiger partial charge >= 0.3 is 0 Å². The predicted molar refractivity (Wildman–Crippen MR) is 54.3 cm³/mol. The largest absolute Gasteiger partial charge is 0.353 e. The van der Waals surface area contributed by atoms with E-state index < -0.39 is 0 Å². The van der Waals surface area contributed by atoms with Crippen LogP contribution >= 0.6 is 0 Å². The van der Waals surface area contributed by atoms with Crippen molar-refractivity contribution in [1.82, 2.24) is 0 Å². The zero-order valence-electron chi connectivity index (χ0n) is 9.22. The second-order valence-corrected chi connectivity index (χ2v) is 3.90. The number of ether oxygens (including phenoxy) is 4. The molecule has 0 spiro atoms. The first kappa shape index (κ1) is 11.1. The SMILES string of the molecule is CCC(C)OC1C=C[C@@H]2OCOC[C@H]2O1. The van der Waals surface area contributed by atoms with Gasteiger partial charge in [-0.2, -0.15) is 0 Å². The van der Waals surface area contributed by atoms with Gasteiger partial charge in [0.25, 0.3) is 0 Å². The van der Waals surface area contributed by atoms with Crippen molar-refractivity contribution in [2.75, 3.05) is 13.4 Å². The maximum atomic E-state index is 5.70. The van der Waals surface area contributed by atoms with Gasteiger partial charge in [0.05, 0.1) is 12.7 Å². The van der Waals surface area contributed by atoms with Crippen LogP contribution in [0.2, 0.25) is 0 Å². The minimum absolute atomic E-state index is 0.0236. The average Bonchev–Trinajstić information content (AvgIpc) is 2.29. The van der Waals surface area contributed by atoms with Crippen LogP contribution in [0.3, 0.4) is 0 Å². The van der Waals surface area contributed by atoms with Crippen LogP contribution in [0, 0.1) is 0 Å². The summed E-state index contributed by atoms with van der Waals surface area (Å²) in [6, 6.07) is 0. The fourth-order valence-electron chi connectivity index (χ4n) is 1.61. The van der Waals surface area contributed by atoms with Crippen LogP contribution in [-0.4, -0.2) is 38.0 Å². The number of fused-ring (bicyclic) bond motifs is 1. The van der Waals surface area contributed by atoms with E-state index in [9.17, 15) is 0 Å². The first-order valence-electron chi connectivity index (χ1n) is 5.48. The van der Waals surface area contributed by atoms with Crippen LogP contribution in [-0.2, 0) is 18.9 Å². The summed E-state index contributed by atoms with van der Waals surface area (Å²) in [6.07, 6.45) is 4.85. The molecule has 2 heterocycles. The van der Waals surface area contributed by atoms with Crippen molar-refractivity contribution in [2.24, 2.45) is 0 Å². The summed E-state index contributed by atoms with van der Waals surface area (Å²) >= 11 is 0. The summed E-state index contributed by atoms with van der Waals surface area (Å²) in [7, 11) is 0. The molecule has 0 saturated carbocycles. The Bertz CT molecular complexity index is 229. The minimum Gasteiger partial charge on any atom is -0.353 e. The normalized spacial score (nSPS) is 37.3. The van der Waals surface area contributed by atoms with Crippen molar-refractivity contribution in [3.05, 3.63) is 12.2 Å². The molecule has 0 N–H and O–H groups in total. The third-order valence-corrected chi connectivity index (χ3v) is 2.70. The molecule has 0 amide bonds. The zero-order valence-corrected chi connectivity index (χ0v) is 9.22. The van der Waals surface area contributed by atoms with Crippen molar-refractivity contribution in [3.63, 3.8) is 0 Å². The summed E-state index contributed by atoms with van der Waals surface area (Å²) < 4.78 is 21.9. The summed E-state index contributed by atoms with van der Waals surface area (Å²) in [6.45, 7) is 5.06.